The first-order chi connectivity index (χ1) is 14.9. The molecule has 3 rings (SSSR count). The molecule has 0 spiro atoms. The smallest absolute Gasteiger partial charge is 0.306 e. The third-order valence-corrected chi connectivity index (χ3v) is 4.62. The van der Waals surface area contributed by atoms with Crippen LogP contribution in [-0.4, -0.2) is 28.4 Å². The Morgan fingerprint density at radius 2 is 1.84 bits per heavy atom. The van der Waals surface area contributed by atoms with Gasteiger partial charge in [-0.05, 0) is 32.0 Å². The van der Waals surface area contributed by atoms with Crippen molar-refractivity contribution in [2.45, 2.75) is 26.7 Å². The predicted molar refractivity (Wildman–Crippen MR) is 115 cm³/mol. The number of carbonyl (C=O) groups excluding carboxylic acids is 2. The summed E-state index contributed by atoms with van der Waals surface area (Å²) in [5, 5.41) is 20.5. The predicted octanol–water partition coefficient (Wildman–Crippen LogP) is 4.05. The van der Waals surface area contributed by atoms with E-state index in [1.807, 2.05) is 37.3 Å². The quantitative estimate of drug-likeness (QED) is 0.386. The van der Waals surface area contributed by atoms with Gasteiger partial charge in [0.1, 0.15) is 17.3 Å². The van der Waals surface area contributed by atoms with Crippen molar-refractivity contribution in [3.05, 3.63) is 70.4 Å². The molecule has 0 radical (unpaired) electrons. The van der Waals surface area contributed by atoms with Crippen LogP contribution >= 0.6 is 0 Å². The molecule has 1 N–H and O–H groups in total. The topological polar surface area (TPSA) is 100 Å². The Labute approximate surface area is 180 Å². The zero-order valence-electron chi connectivity index (χ0n) is 17.2. The van der Waals surface area contributed by atoms with Crippen molar-refractivity contribution in [1.82, 2.24) is 4.98 Å². The van der Waals surface area contributed by atoms with Crippen molar-refractivity contribution >= 4 is 22.7 Å². The minimum Gasteiger partial charge on any atom is -0.504 e. The summed E-state index contributed by atoms with van der Waals surface area (Å²) in [5.41, 5.74) is 2.50. The van der Waals surface area contributed by atoms with Gasteiger partial charge >= 0.3 is 5.97 Å². The maximum atomic E-state index is 12.6. The molecule has 0 unspecified atom stereocenters. The van der Waals surface area contributed by atoms with Gasteiger partial charge in [-0.15, -0.1) is 0 Å². The highest BCUT2D eigenvalue weighted by Crippen LogP contribution is 2.30. The average Bonchev–Trinajstić information content (AvgIpc) is 2.77. The lowest BCUT2D eigenvalue weighted by Gasteiger charge is -2.09. The summed E-state index contributed by atoms with van der Waals surface area (Å²) in [6.07, 6.45) is -0.324. The number of hydrogen-bond donors (Lipinski definition) is 1. The van der Waals surface area contributed by atoms with Gasteiger partial charge in [0.15, 0.2) is 11.5 Å². The number of para-hydroxylation sites is 1. The van der Waals surface area contributed by atoms with Crippen LogP contribution in [0.4, 0.5) is 0 Å². The number of nitriles is 1. The van der Waals surface area contributed by atoms with Crippen LogP contribution in [0.1, 0.15) is 52.5 Å². The minimum absolute atomic E-state index is 0.0523. The van der Waals surface area contributed by atoms with Gasteiger partial charge in [0, 0.05) is 17.4 Å². The van der Waals surface area contributed by atoms with Crippen molar-refractivity contribution < 1.29 is 19.4 Å². The zero-order valence-corrected chi connectivity index (χ0v) is 17.2. The lowest BCUT2D eigenvalue weighted by molar-refractivity contribution is -0.143. The van der Waals surface area contributed by atoms with Crippen molar-refractivity contribution in [2.24, 2.45) is 0 Å². The van der Waals surface area contributed by atoms with E-state index in [0.717, 1.165) is 11.1 Å². The Balaban J connectivity index is 2.05. The highest BCUT2D eigenvalue weighted by Gasteiger charge is 2.21. The van der Waals surface area contributed by atoms with E-state index in [0.29, 0.717) is 16.5 Å². The highest BCUT2D eigenvalue weighted by molar-refractivity contribution is 6.03. The molecule has 0 saturated heterocycles. The molecule has 1 heterocycles. The van der Waals surface area contributed by atoms with Crippen molar-refractivity contribution in [3.63, 3.8) is 0 Å². The molecular weight excluding hydrogens is 392 g/mol. The van der Waals surface area contributed by atoms with Gasteiger partial charge in [-0.25, -0.2) is 4.98 Å². The Morgan fingerprint density at radius 3 is 2.52 bits per heavy atom. The average molecular weight is 412 g/mol. The molecule has 0 aliphatic heterocycles. The van der Waals surface area contributed by atoms with Gasteiger partial charge in [0.25, 0.3) is 0 Å². The number of hydrogen-bond acceptors (Lipinski definition) is 6. The number of Topliss-reactive ketones (excluding diaryl/α,β-unsaturated/α-hetero) is 1. The number of aryl methyl sites for hydroxylation is 1. The first-order valence-corrected chi connectivity index (χ1v) is 9.78. The summed E-state index contributed by atoms with van der Waals surface area (Å²) < 4.78 is 4.83. The van der Waals surface area contributed by atoms with Crippen LogP contribution in [0.2, 0.25) is 0 Å². The Kier molecular flexibility index (Phi) is 6.64. The van der Waals surface area contributed by atoms with E-state index in [1.165, 1.54) is 0 Å². The molecule has 0 bridgehead atoms. The van der Waals surface area contributed by atoms with Crippen molar-refractivity contribution in [1.29, 1.82) is 5.26 Å². The summed E-state index contributed by atoms with van der Waals surface area (Å²) in [6.45, 7) is 3.88. The standard InChI is InChI=1S/C25H20N2O4/c1-3-31-22(29)14-13-21(28)24-25(30)20(15-26)19-6-4-5-18(23(19)27-24)12-11-17-9-7-16(2)8-10-17/h4-10,30H,3,13-14H2,1-2H3. The molecule has 6 heteroatoms. The second kappa shape index (κ2) is 9.56. The number of ketones is 1. The van der Waals surface area contributed by atoms with E-state index in [9.17, 15) is 20.0 Å². The second-order valence-corrected chi connectivity index (χ2v) is 6.84. The monoisotopic (exact) mass is 412 g/mol. The van der Waals surface area contributed by atoms with Gasteiger partial charge in [0.05, 0.1) is 24.1 Å². The van der Waals surface area contributed by atoms with Gasteiger partial charge < -0.3 is 9.84 Å². The molecule has 6 nitrogen and oxygen atoms in total. The van der Waals surface area contributed by atoms with Crippen LogP contribution in [-0.2, 0) is 9.53 Å². The summed E-state index contributed by atoms with van der Waals surface area (Å²) in [7, 11) is 0. The fourth-order valence-electron chi connectivity index (χ4n) is 3.03. The third-order valence-electron chi connectivity index (χ3n) is 4.62. The van der Waals surface area contributed by atoms with Crippen LogP contribution in [0.15, 0.2) is 42.5 Å². The molecule has 154 valence electrons. The number of fused-ring (bicyclic) bond motifs is 1. The van der Waals surface area contributed by atoms with Crippen LogP contribution in [0, 0.1) is 30.1 Å². The fourth-order valence-corrected chi connectivity index (χ4v) is 3.03. The fraction of sp³-hybridized carbons (Fsp3) is 0.200. The van der Waals surface area contributed by atoms with E-state index in [1.54, 1.807) is 25.1 Å². The Morgan fingerprint density at radius 1 is 1.10 bits per heavy atom. The molecule has 31 heavy (non-hydrogen) atoms. The van der Waals surface area contributed by atoms with E-state index in [4.69, 9.17) is 4.74 Å². The molecule has 0 fully saturated rings. The molecule has 3 aromatic rings. The molecule has 0 aliphatic rings. The number of nitrogens with zero attached hydrogens (tertiary/aromatic N) is 2. The number of ether oxygens (including phenoxy) is 1. The van der Waals surface area contributed by atoms with Gasteiger partial charge in [-0.1, -0.05) is 41.7 Å². The van der Waals surface area contributed by atoms with Crippen LogP contribution in [0.5, 0.6) is 5.75 Å². The maximum Gasteiger partial charge on any atom is 0.306 e. The van der Waals surface area contributed by atoms with Gasteiger partial charge in [-0.2, -0.15) is 5.26 Å². The number of rotatable bonds is 5. The van der Waals surface area contributed by atoms with Crippen molar-refractivity contribution in [3.8, 4) is 23.7 Å². The molecule has 0 saturated carbocycles. The summed E-state index contributed by atoms with van der Waals surface area (Å²) in [5.74, 6) is 4.54. The van der Waals surface area contributed by atoms with E-state index in [-0.39, 0.29) is 30.7 Å². The molecule has 0 atom stereocenters. The molecule has 0 aliphatic carbocycles. The third kappa shape index (κ3) is 4.88. The number of aromatic hydroxyl groups is 1. The first kappa shape index (κ1) is 21.5. The minimum atomic E-state index is -0.551. The van der Waals surface area contributed by atoms with Crippen LogP contribution < -0.4 is 0 Å². The number of pyridine rings is 1. The number of aromatic nitrogens is 1. The lowest BCUT2D eigenvalue weighted by atomic mass is 10.0. The molecule has 0 amide bonds. The molecule has 1 aromatic heterocycles. The van der Waals surface area contributed by atoms with Gasteiger partial charge in [-0.3, -0.25) is 9.59 Å². The second-order valence-electron chi connectivity index (χ2n) is 6.84. The Hall–Kier alpha value is -4.16. The van der Waals surface area contributed by atoms with Crippen LogP contribution in [0.3, 0.4) is 0 Å². The largest absolute Gasteiger partial charge is 0.504 e. The van der Waals surface area contributed by atoms with Crippen molar-refractivity contribution in [2.75, 3.05) is 6.61 Å². The maximum absolute atomic E-state index is 12.6. The number of benzene rings is 2. The highest BCUT2D eigenvalue weighted by atomic mass is 16.5. The SMILES string of the molecule is CCOC(=O)CCC(=O)c1nc2c(C#Cc3ccc(C)cc3)cccc2c(C#N)c1O. The van der Waals surface area contributed by atoms with Gasteiger partial charge in [0.2, 0.25) is 0 Å². The lowest BCUT2D eigenvalue weighted by Crippen LogP contribution is -2.10. The Bertz CT molecular complexity index is 1260. The normalized spacial score (nSPS) is 10.1. The number of carbonyl (C=O) groups is 2. The summed E-state index contributed by atoms with van der Waals surface area (Å²) in [4.78, 5) is 28.5. The molecule has 2 aromatic carbocycles. The molecular formula is C25H20N2O4. The van der Waals surface area contributed by atoms with E-state index in [2.05, 4.69) is 16.8 Å². The van der Waals surface area contributed by atoms with Crippen LogP contribution in [0.25, 0.3) is 10.9 Å². The van der Waals surface area contributed by atoms with E-state index >= 15 is 0 Å². The summed E-state index contributed by atoms with van der Waals surface area (Å²) >= 11 is 0. The zero-order chi connectivity index (χ0) is 22.4. The first-order valence-electron chi connectivity index (χ1n) is 9.78. The number of esters is 1. The van der Waals surface area contributed by atoms with E-state index < -0.39 is 17.5 Å². The summed E-state index contributed by atoms with van der Waals surface area (Å²) in [6, 6.07) is 14.8.